The first kappa shape index (κ1) is 10.5. The van der Waals surface area contributed by atoms with Gasteiger partial charge in [-0.25, -0.2) is 5.48 Å². The van der Waals surface area contributed by atoms with E-state index in [1.807, 2.05) is 6.92 Å². The largest absolute Gasteiger partial charge is 0.289 e. The molecule has 1 amide bonds. The van der Waals surface area contributed by atoms with Crippen molar-refractivity contribution >= 4 is 17.7 Å². The molecule has 0 fully saturated rings. The summed E-state index contributed by atoms with van der Waals surface area (Å²) >= 11 is 1.37. The maximum Gasteiger partial charge on any atom is 0.256 e. The summed E-state index contributed by atoms with van der Waals surface area (Å²) in [5, 5.41) is 7.98. The van der Waals surface area contributed by atoms with E-state index in [2.05, 4.69) is 6.58 Å². The molecule has 0 aliphatic rings. The summed E-state index contributed by atoms with van der Waals surface area (Å²) in [6, 6.07) is 0. The molecule has 0 heterocycles. The van der Waals surface area contributed by atoms with Crippen LogP contribution in [0.5, 0.6) is 0 Å². The Morgan fingerprint density at radius 1 is 1.82 bits per heavy atom. The molecule has 2 N–H and O–H groups in total. The van der Waals surface area contributed by atoms with E-state index < -0.39 is 0 Å². The summed E-state index contributed by atoms with van der Waals surface area (Å²) in [5.74, 6) is -0.385. The number of carbonyl (C=O) groups excluding carboxylic acids is 1. The zero-order valence-electron chi connectivity index (χ0n) is 6.76. The fourth-order valence-electron chi connectivity index (χ4n) is 0.478. The molecule has 1 unspecified atom stereocenters. The number of rotatable bonds is 4. The van der Waals surface area contributed by atoms with E-state index in [9.17, 15) is 4.79 Å². The van der Waals surface area contributed by atoms with Crippen molar-refractivity contribution in [3.63, 3.8) is 0 Å². The number of thioether (sulfide) groups is 1. The van der Waals surface area contributed by atoms with Crippen molar-refractivity contribution in [2.24, 2.45) is 0 Å². The number of hydrogen-bond donors (Lipinski definition) is 2. The first-order valence-corrected chi connectivity index (χ1v) is 4.28. The summed E-state index contributed by atoms with van der Waals surface area (Å²) in [6.45, 7) is 7.42. The van der Waals surface area contributed by atoms with Crippen LogP contribution in [0.3, 0.4) is 0 Å². The first-order valence-electron chi connectivity index (χ1n) is 3.40. The van der Waals surface area contributed by atoms with Gasteiger partial charge in [0.15, 0.2) is 0 Å². The molecule has 64 valence electrons. The zero-order chi connectivity index (χ0) is 8.85. The van der Waals surface area contributed by atoms with Crippen molar-refractivity contribution in [3.8, 4) is 0 Å². The number of hydroxylamine groups is 1. The van der Waals surface area contributed by atoms with Crippen LogP contribution < -0.4 is 5.48 Å². The molecule has 1 atom stereocenters. The number of nitrogens with one attached hydrogen (secondary N) is 1. The molecule has 0 aromatic carbocycles. The van der Waals surface area contributed by atoms with Crippen LogP contribution in [0.25, 0.3) is 0 Å². The van der Waals surface area contributed by atoms with Gasteiger partial charge in [-0.2, -0.15) is 0 Å². The number of amides is 1. The standard InChI is InChI=1S/C7H13NO2S/c1-4-5(2)11-6(3)7(9)8-10/h6,10H,2,4H2,1,3H3,(H,8,9). The average molecular weight is 175 g/mol. The van der Waals surface area contributed by atoms with Crippen molar-refractivity contribution in [1.29, 1.82) is 0 Å². The topological polar surface area (TPSA) is 49.3 Å². The Kier molecular flexibility index (Phi) is 4.98. The van der Waals surface area contributed by atoms with Crippen molar-refractivity contribution in [2.75, 3.05) is 0 Å². The highest BCUT2D eigenvalue weighted by Crippen LogP contribution is 2.21. The van der Waals surface area contributed by atoms with Gasteiger partial charge in [-0.15, -0.1) is 11.8 Å². The third-order valence-corrected chi connectivity index (χ3v) is 2.41. The van der Waals surface area contributed by atoms with Crippen LogP contribution in [0.2, 0.25) is 0 Å². The Hall–Kier alpha value is -0.480. The second-order valence-corrected chi connectivity index (χ2v) is 3.65. The average Bonchev–Trinajstić information content (AvgIpc) is 2.02. The molecule has 0 aliphatic heterocycles. The van der Waals surface area contributed by atoms with Gasteiger partial charge in [0.2, 0.25) is 0 Å². The molecule has 0 aliphatic carbocycles. The van der Waals surface area contributed by atoms with E-state index in [0.29, 0.717) is 0 Å². The Balaban J connectivity index is 3.77. The van der Waals surface area contributed by atoms with Gasteiger partial charge < -0.3 is 0 Å². The lowest BCUT2D eigenvalue weighted by Gasteiger charge is -2.08. The summed E-state index contributed by atoms with van der Waals surface area (Å²) in [5.41, 5.74) is 1.59. The van der Waals surface area contributed by atoms with Gasteiger partial charge in [0, 0.05) is 0 Å². The SMILES string of the molecule is C=C(CC)SC(C)C(=O)NO. The minimum absolute atomic E-state index is 0.271. The third kappa shape index (κ3) is 4.06. The van der Waals surface area contributed by atoms with Crippen molar-refractivity contribution in [3.05, 3.63) is 11.5 Å². The monoisotopic (exact) mass is 175 g/mol. The zero-order valence-corrected chi connectivity index (χ0v) is 7.57. The third-order valence-electron chi connectivity index (χ3n) is 1.22. The summed E-state index contributed by atoms with van der Waals surface area (Å²) in [6.07, 6.45) is 0.841. The summed E-state index contributed by atoms with van der Waals surface area (Å²) in [4.78, 5) is 11.7. The Labute approximate surface area is 70.8 Å². The van der Waals surface area contributed by atoms with E-state index in [-0.39, 0.29) is 11.2 Å². The number of carbonyl (C=O) groups is 1. The maximum absolute atomic E-state index is 10.7. The van der Waals surface area contributed by atoms with Crippen LogP contribution in [-0.4, -0.2) is 16.4 Å². The molecule has 3 nitrogen and oxygen atoms in total. The predicted octanol–water partition coefficient (Wildman–Crippen LogP) is 1.54. The van der Waals surface area contributed by atoms with Gasteiger partial charge in [0.05, 0.1) is 5.25 Å². The second kappa shape index (κ2) is 5.21. The molecule has 0 saturated heterocycles. The second-order valence-electron chi connectivity index (χ2n) is 2.13. The van der Waals surface area contributed by atoms with Crippen molar-refractivity contribution < 1.29 is 10.0 Å². The first-order chi connectivity index (χ1) is 5.11. The molecule has 0 rings (SSSR count). The number of hydrogen-bond acceptors (Lipinski definition) is 3. The van der Waals surface area contributed by atoms with Crippen LogP contribution in [0.4, 0.5) is 0 Å². The minimum atomic E-state index is -0.385. The van der Waals surface area contributed by atoms with Gasteiger partial charge in [0.25, 0.3) is 5.91 Å². The van der Waals surface area contributed by atoms with Crippen LogP contribution in [-0.2, 0) is 4.79 Å². The molecule has 0 spiro atoms. The van der Waals surface area contributed by atoms with Gasteiger partial charge in [-0.05, 0) is 18.2 Å². The van der Waals surface area contributed by atoms with Gasteiger partial charge >= 0.3 is 0 Å². The Bertz CT molecular complexity index is 159. The highest BCUT2D eigenvalue weighted by atomic mass is 32.2. The Morgan fingerprint density at radius 3 is 2.73 bits per heavy atom. The molecule has 0 aromatic heterocycles. The van der Waals surface area contributed by atoms with Crippen LogP contribution in [0, 0.1) is 0 Å². The highest BCUT2D eigenvalue weighted by molar-refractivity contribution is 8.04. The highest BCUT2D eigenvalue weighted by Gasteiger charge is 2.12. The van der Waals surface area contributed by atoms with E-state index >= 15 is 0 Å². The molecule has 0 radical (unpaired) electrons. The van der Waals surface area contributed by atoms with E-state index in [0.717, 1.165) is 11.3 Å². The molecular weight excluding hydrogens is 162 g/mol. The molecule has 4 heteroatoms. The van der Waals surface area contributed by atoms with Crippen LogP contribution >= 0.6 is 11.8 Å². The van der Waals surface area contributed by atoms with Crippen molar-refractivity contribution in [2.45, 2.75) is 25.5 Å². The van der Waals surface area contributed by atoms with Crippen LogP contribution in [0.15, 0.2) is 11.5 Å². The van der Waals surface area contributed by atoms with Gasteiger partial charge in [-0.3, -0.25) is 10.0 Å². The fourth-order valence-corrected chi connectivity index (χ4v) is 1.30. The summed E-state index contributed by atoms with van der Waals surface area (Å²) < 4.78 is 0. The van der Waals surface area contributed by atoms with E-state index in [1.54, 1.807) is 12.4 Å². The predicted molar refractivity (Wildman–Crippen MR) is 46.4 cm³/mol. The lowest BCUT2D eigenvalue weighted by molar-refractivity contribution is -0.128. The van der Waals surface area contributed by atoms with Crippen molar-refractivity contribution in [1.82, 2.24) is 5.48 Å². The van der Waals surface area contributed by atoms with Gasteiger partial charge in [-0.1, -0.05) is 13.5 Å². The van der Waals surface area contributed by atoms with E-state index in [4.69, 9.17) is 5.21 Å². The lowest BCUT2D eigenvalue weighted by Crippen LogP contribution is -2.27. The minimum Gasteiger partial charge on any atom is -0.289 e. The molecule has 0 saturated carbocycles. The number of allylic oxidation sites excluding steroid dienone is 1. The Morgan fingerprint density at radius 2 is 2.36 bits per heavy atom. The molecular formula is C7H13NO2S. The maximum atomic E-state index is 10.7. The molecule has 11 heavy (non-hydrogen) atoms. The molecule has 0 bridgehead atoms. The lowest BCUT2D eigenvalue weighted by atomic mass is 10.5. The van der Waals surface area contributed by atoms with E-state index in [1.165, 1.54) is 11.8 Å². The smallest absolute Gasteiger partial charge is 0.256 e. The normalized spacial score (nSPS) is 12.3. The van der Waals surface area contributed by atoms with Crippen LogP contribution in [0.1, 0.15) is 20.3 Å². The quantitative estimate of drug-likeness (QED) is 0.503. The van der Waals surface area contributed by atoms with Gasteiger partial charge in [0.1, 0.15) is 0 Å². The summed E-state index contributed by atoms with van der Waals surface area (Å²) in [7, 11) is 0. The fraction of sp³-hybridized carbons (Fsp3) is 0.571. The molecule has 0 aromatic rings.